The van der Waals surface area contributed by atoms with Crippen LogP contribution in [0.5, 0.6) is 0 Å². The van der Waals surface area contributed by atoms with Crippen LogP contribution in [0.4, 0.5) is 5.82 Å². The van der Waals surface area contributed by atoms with Gasteiger partial charge in [-0.2, -0.15) is 5.10 Å². The number of hydrogen-bond donors (Lipinski definition) is 0. The molecule has 2 aromatic rings. The molecule has 0 spiro atoms. The molecule has 0 saturated carbocycles. The minimum absolute atomic E-state index is 0.0443. The fraction of sp³-hybridized carbons (Fsp3) is 0.562. The number of aromatic nitrogens is 4. The van der Waals surface area contributed by atoms with E-state index in [9.17, 15) is 0 Å². The summed E-state index contributed by atoms with van der Waals surface area (Å²) in [4.78, 5) is 11.3. The fourth-order valence-corrected chi connectivity index (χ4v) is 2.97. The quantitative estimate of drug-likeness (QED) is 0.852. The van der Waals surface area contributed by atoms with E-state index in [1.807, 2.05) is 24.6 Å². The maximum atomic E-state index is 5.88. The van der Waals surface area contributed by atoms with Gasteiger partial charge in [0.25, 0.3) is 0 Å². The van der Waals surface area contributed by atoms with E-state index in [0.717, 1.165) is 36.1 Å². The highest BCUT2D eigenvalue weighted by Gasteiger charge is 2.26. The normalized spacial score (nSPS) is 21.7. The van der Waals surface area contributed by atoms with Gasteiger partial charge < -0.3 is 14.4 Å². The van der Waals surface area contributed by atoms with E-state index in [4.69, 9.17) is 14.5 Å². The Labute approximate surface area is 136 Å². The predicted molar refractivity (Wildman–Crippen MR) is 87.1 cm³/mol. The summed E-state index contributed by atoms with van der Waals surface area (Å²) >= 11 is 0. The molecule has 0 amide bonds. The molecule has 23 heavy (non-hydrogen) atoms. The van der Waals surface area contributed by atoms with Crippen molar-refractivity contribution in [2.24, 2.45) is 0 Å². The smallest absolute Gasteiger partial charge is 0.174 e. The molecule has 2 atom stereocenters. The lowest BCUT2D eigenvalue weighted by atomic mass is 10.2. The molecular weight excluding hydrogens is 294 g/mol. The maximum absolute atomic E-state index is 5.88. The first kappa shape index (κ1) is 15.9. The molecule has 2 unspecified atom stereocenters. The Bertz CT molecular complexity index is 672. The summed E-state index contributed by atoms with van der Waals surface area (Å²) in [6.45, 7) is 8.15. The molecule has 0 radical (unpaired) electrons. The number of aryl methyl sites for hydroxylation is 2. The Morgan fingerprint density at radius 2 is 2.04 bits per heavy atom. The third-order valence-corrected chi connectivity index (χ3v) is 3.84. The average Bonchev–Trinajstić information content (AvgIpc) is 2.86. The molecule has 7 heteroatoms. The number of anilines is 1. The standard InChI is InChI=1S/C16H23N5O2/c1-11-5-12(2)21(19-11)16-7-17-6-15(18-16)20-8-13(3)23-14(9-20)10-22-4/h5-7,13-14H,8-10H2,1-4H3. The lowest BCUT2D eigenvalue weighted by molar-refractivity contribution is -0.0512. The number of rotatable bonds is 4. The van der Waals surface area contributed by atoms with Crippen LogP contribution in [0, 0.1) is 13.8 Å². The first-order chi connectivity index (χ1) is 11.1. The molecule has 3 rings (SSSR count). The molecule has 2 aromatic heterocycles. The van der Waals surface area contributed by atoms with Crippen molar-refractivity contribution in [1.82, 2.24) is 19.7 Å². The van der Waals surface area contributed by atoms with Crippen molar-refractivity contribution in [3.8, 4) is 5.82 Å². The first-order valence-corrected chi connectivity index (χ1v) is 7.82. The lowest BCUT2D eigenvalue weighted by Crippen LogP contribution is -2.48. The predicted octanol–water partition coefficient (Wildman–Crippen LogP) is 1.52. The van der Waals surface area contributed by atoms with E-state index >= 15 is 0 Å². The number of methoxy groups -OCH3 is 1. The van der Waals surface area contributed by atoms with Crippen LogP contribution in [-0.4, -0.2) is 58.8 Å². The van der Waals surface area contributed by atoms with Crippen molar-refractivity contribution in [2.45, 2.75) is 33.0 Å². The third-order valence-electron chi connectivity index (χ3n) is 3.84. The van der Waals surface area contributed by atoms with E-state index < -0.39 is 0 Å². The van der Waals surface area contributed by atoms with Crippen LogP contribution in [-0.2, 0) is 9.47 Å². The Morgan fingerprint density at radius 3 is 2.74 bits per heavy atom. The van der Waals surface area contributed by atoms with Crippen LogP contribution in [0.3, 0.4) is 0 Å². The van der Waals surface area contributed by atoms with E-state index in [2.05, 4.69) is 21.9 Å². The zero-order chi connectivity index (χ0) is 16.4. The molecule has 0 bridgehead atoms. The second kappa shape index (κ2) is 6.64. The van der Waals surface area contributed by atoms with Crippen molar-refractivity contribution < 1.29 is 9.47 Å². The van der Waals surface area contributed by atoms with Crippen LogP contribution in [0.1, 0.15) is 18.3 Å². The Kier molecular flexibility index (Phi) is 4.58. The SMILES string of the molecule is COCC1CN(c2cncc(-n3nc(C)cc3C)n2)CC(C)O1. The van der Waals surface area contributed by atoms with Crippen LogP contribution < -0.4 is 4.90 Å². The van der Waals surface area contributed by atoms with Gasteiger partial charge in [-0.25, -0.2) is 9.67 Å². The van der Waals surface area contributed by atoms with Crippen molar-refractivity contribution in [3.63, 3.8) is 0 Å². The average molecular weight is 317 g/mol. The van der Waals surface area contributed by atoms with Crippen LogP contribution in [0.2, 0.25) is 0 Å². The lowest BCUT2D eigenvalue weighted by Gasteiger charge is -2.37. The van der Waals surface area contributed by atoms with Gasteiger partial charge in [-0.05, 0) is 26.8 Å². The van der Waals surface area contributed by atoms with Crippen LogP contribution in [0.15, 0.2) is 18.5 Å². The van der Waals surface area contributed by atoms with Gasteiger partial charge in [-0.1, -0.05) is 0 Å². The van der Waals surface area contributed by atoms with Gasteiger partial charge in [0.05, 0.1) is 36.9 Å². The van der Waals surface area contributed by atoms with E-state index in [-0.39, 0.29) is 12.2 Å². The van der Waals surface area contributed by atoms with Gasteiger partial charge in [-0.15, -0.1) is 0 Å². The molecule has 1 aliphatic rings. The minimum atomic E-state index is 0.0443. The van der Waals surface area contributed by atoms with Crippen molar-refractivity contribution in [2.75, 3.05) is 31.7 Å². The third kappa shape index (κ3) is 3.51. The second-order valence-corrected chi connectivity index (χ2v) is 6.00. The molecule has 1 aliphatic heterocycles. The van der Waals surface area contributed by atoms with Crippen LogP contribution >= 0.6 is 0 Å². The summed E-state index contributed by atoms with van der Waals surface area (Å²) in [5, 5.41) is 4.48. The Balaban J connectivity index is 1.85. The Morgan fingerprint density at radius 1 is 1.26 bits per heavy atom. The molecule has 0 N–H and O–H groups in total. The van der Waals surface area contributed by atoms with Gasteiger partial charge in [-0.3, -0.25) is 4.98 Å². The number of nitrogens with zero attached hydrogens (tertiary/aromatic N) is 5. The molecule has 1 saturated heterocycles. The highest BCUT2D eigenvalue weighted by Crippen LogP contribution is 2.19. The maximum Gasteiger partial charge on any atom is 0.174 e. The first-order valence-electron chi connectivity index (χ1n) is 7.82. The van der Waals surface area contributed by atoms with Crippen molar-refractivity contribution >= 4 is 5.82 Å². The van der Waals surface area contributed by atoms with Gasteiger partial charge in [0, 0.05) is 25.9 Å². The van der Waals surface area contributed by atoms with Gasteiger partial charge in [0.1, 0.15) is 5.82 Å². The van der Waals surface area contributed by atoms with E-state index in [0.29, 0.717) is 6.61 Å². The summed E-state index contributed by atoms with van der Waals surface area (Å²) in [6, 6.07) is 2.03. The fourth-order valence-electron chi connectivity index (χ4n) is 2.97. The number of ether oxygens (including phenoxy) is 2. The number of morpholine rings is 1. The molecular formula is C16H23N5O2. The monoisotopic (exact) mass is 317 g/mol. The summed E-state index contributed by atoms with van der Waals surface area (Å²) < 4.78 is 12.9. The highest BCUT2D eigenvalue weighted by molar-refractivity contribution is 5.40. The largest absolute Gasteiger partial charge is 0.382 e. The molecule has 1 fully saturated rings. The summed E-state index contributed by atoms with van der Waals surface area (Å²) in [6.07, 6.45) is 3.70. The zero-order valence-electron chi connectivity index (χ0n) is 14.1. The van der Waals surface area contributed by atoms with Gasteiger partial charge in [0.2, 0.25) is 0 Å². The Hall–Kier alpha value is -1.99. The topological polar surface area (TPSA) is 65.3 Å². The minimum Gasteiger partial charge on any atom is -0.382 e. The molecule has 0 aromatic carbocycles. The van der Waals surface area contributed by atoms with Crippen LogP contribution in [0.25, 0.3) is 5.82 Å². The van der Waals surface area contributed by atoms with Crippen molar-refractivity contribution in [1.29, 1.82) is 0 Å². The van der Waals surface area contributed by atoms with E-state index in [1.165, 1.54) is 0 Å². The highest BCUT2D eigenvalue weighted by atomic mass is 16.5. The second-order valence-electron chi connectivity index (χ2n) is 6.00. The number of hydrogen-bond acceptors (Lipinski definition) is 6. The van der Waals surface area contributed by atoms with Gasteiger partial charge in [0.15, 0.2) is 5.82 Å². The molecule has 0 aliphatic carbocycles. The van der Waals surface area contributed by atoms with E-state index in [1.54, 1.807) is 19.5 Å². The summed E-state index contributed by atoms with van der Waals surface area (Å²) in [5.74, 6) is 1.57. The molecule has 7 nitrogen and oxygen atoms in total. The van der Waals surface area contributed by atoms with Crippen molar-refractivity contribution in [3.05, 3.63) is 29.8 Å². The van der Waals surface area contributed by atoms with Gasteiger partial charge >= 0.3 is 0 Å². The summed E-state index contributed by atoms with van der Waals surface area (Å²) in [5.41, 5.74) is 2.01. The molecule has 3 heterocycles. The zero-order valence-corrected chi connectivity index (χ0v) is 14.1. The summed E-state index contributed by atoms with van der Waals surface area (Å²) in [7, 11) is 1.69. The molecule has 124 valence electrons.